The zero-order valence-electron chi connectivity index (χ0n) is 18.1. The van der Waals surface area contributed by atoms with Crippen molar-refractivity contribution in [1.29, 1.82) is 0 Å². The van der Waals surface area contributed by atoms with Gasteiger partial charge in [-0.1, -0.05) is 32.9 Å². The predicted molar refractivity (Wildman–Crippen MR) is 114 cm³/mol. The smallest absolute Gasteiger partial charge is 0.142 e. The van der Waals surface area contributed by atoms with E-state index in [-0.39, 0.29) is 6.10 Å². The quantitative estimate of drug-likeness (QED) is 0.773. The molecule has 5 heteroatoms. The molecule has 0 radical (unpaired) electrons. The monoisotopic (exact) mass is 390 g/mol. The molecular weight excluding hydrogens is 352 g/mol. The van der Waals surface area contributed by atoms with Gasteiger partial charge in [-0.25, -0.2) is 0 Å². The Balaban J connectivity index is 1.41. The van der Waals surface area contributed by atoms with E-state index in [0.717, 1.165) is 50.5 Å². The highest BCUT2D eigenvalue weighted by Gasteiger charge is 2.33. The maximum Gasteiger partial charge on any atom is 0.142 e. The summed E-state index contributed by atoms with van der Waals surface area (Å²) in [6, 6.07) is 8.18. The Morgan fingerprint density at radius 3 is 2.54 bits per heavy atom. The van der Waals surface area contributed by atoms with Crippen molar-refractivity contribution in [3.63, 3.8) is 0 Å². The Bertz CT molecular complexity index is 614. The molecule has 0 bridgehead atoms. The maximum atomic E-state index is 10.5. The van der Waals surface area contributed by atoms with Crippen molar-refractivity contribution >= 4 is 5.69 Å². The van der Waals surface area contributed by atoms with Gasteiger partial charge in [0.25, 0.3) is 0 Å². The normalized spacial score (nSPS) is 26.8. The number of anilines is 1. The number of benzene rings is 1. The van der Waals surface area contributed by atoms with E-state index in [4.69, 9.17) is 9.47 Å². The minimum Gasteiger partial charge on any atom is -0.495 e. The summed E-state index contributed by atoms with van der Waals surface area (Å²) in [4.78, 5) is 4.71. The van der Waals surface area contributed by atoms with Gasteiger partial charge < -0.3 is 19.5 Å². The van der Waals surface area contributed by atoms with Gasteiger partial charge in [-0.05, 0) is 42.7 Å². The van der Waals surface area contributed by atoms with Crippen LogP contribution in [0.15, 0.2) is 24.3 Å². The van der Waals surface area contributed by atoms with Crippen molar-refractivity contribution in [1.82, 2.24) is 4.90 Å². The highest BCUT2D eigenvalue weighted by molar-refractivity contribution is 5.58. The van der Waals surface area contributed by atoms with Gasteiger partial charge in [0, 0.05) is 32.7 Å². The van der Waals surface area contributed by atoms with Crippen LogP contribution in [0.5, 0.6) is 5.75 Å². The third-order valence-corrected chi connectivity index (χ3v) is 6.14. The van der Waals surface area contributed by atoms with E-state index in [1.54, 1.807) is 7.11 Å². The molecule has 2 aliphatic rings. The number of hydrogen-bond donors (Lipinski definition) is 1. The third-order valence-electron chi connectivity index (χ3n) is 6.14. The van der Waals surface area contributed by atoms with Crippen LogP contribution in [0, 0.1) is 11.3 Å². The molecule has 1 saturated carbocycles. The summed E-state index contributed by atoms with van der Waals surface area (Å²) in [5.74, 6) is 1.63. The number of β-amino-alcohol motifs (C(OH)–C–C–N with tert-alkyl or cyclic N) is 1. The van der Waals surface area contributed by atoms with Crippen molar-refractivity contribution in [3.05, 3.63) is 24.3 Å². The lowest BCUT2D eigenvalue weighted by Gasteiger charge is -2.39. The number of piperazine rings is 1. The van der Waals surface area contributed by atoms with Gasteiger partial charge in [-0.2, -0.15) is 0 Å². The summed E-state index contributed by atoms with van der Waals surface area (Å²) in [5.41, 5.74) is 1.50. The Labute approximate surface area is 170 Å². The Morgan fingerprint density at radius 1 is 1.14 bits per heavy atom. The SMILES string of the molecule is COc1ccccc1N1CCN(C[C@H](O)CO[C@@H]2C[C@H](C)CC(C)(C)C2)CC1. The molecule has 28 heavy (non-hydrogen) atoms. The second kappa shape index (κ2) is 9.47. The fourth-order valence-corrected chi connectivity index (χ4v) is 5.05. The molecule has 1 N–H and O–H groups in total. The van der Waals surface area contributed by atoms with Gasteiger partial charge in [0.1, 0.15) is 5.75 Å². The largest absolute Gasteiger partial charge is 0.495 e. The molecular formula is C23H38N2O3. The Hall–Kier alpha value is -1.30. The molecule has 1 saturated heterocycles. The summed E-state index contributed by atoms with van der Waals surface area (Å²) in [6.45, 7) is 11.9. The minimum absolute atomic E-state index is 0.288. The van der Waals surface area contributed by atoms with Crippen LogP contribution in [0.1, 0.15) is 40.0 Å². The van der Waals surface area contributed by atoms with Crippen molar-refractivity contribution in [2.24, 2.45) is 11.3 Å². The van der Waals surface area contributed by atoms with Crippen molar-refractivity contribution in [3.8, 4) is 5.75 Å². The summed E-state index contributed by atoms with van der Waals surface area (Å²) in [6.07, 6.45) is 3.36. The first-order valence-electron chi connectivity index (χ1n) is 10.8. The maximum absolute atomic E-state index is 10.5. The van der Waals surface area contributed by atoms with Crippen molar-refractivity contribution in [2.75, 3.05) is 51.3 Å². The second-order valence-electron chi connectivity index (χ2n) is 9.48. The van der Waals surface area contributed by atoms with Crippen LogP contribution in [-0.2, 0) is 4.74 Å². The Kier molecular flexibility index (Phi) is 7.24. The summed E-state index contributed by atoms with van der Waals surface area (Å²) in [5, 5.41) is 10.5. The van der Waals surface area contributed by atoms with Gasteiger partial charge >= 0.3 is 0 Å². The number of aliphatic hydroxyl groups excluding tert-OH is 1. The average Bonchev–Trinajstić information content (AvgIpc) is 2.65. The van der Waals surface area contributed by atoms with Gasteiger partial charge in [0.2, 0.25) is 0 Å². The lowest BCUT2D eigenvalue weighted by atomic mass is 9.71. The van der Waals surface area contributed by atoms with E-state index in [1.807, 2.05) is 12.1 Å². The number of ether oxygens (including phenoxy) is 2. The molecule has 3 atom stereocenters. The van der Waals surface area contributed by atoms with Gasteiger partial charge in [0.15, 0.2) is 0 Å². The number of hydrogen-bond acceptors (Lipinski definition) is 5. The van der Waals surface area contributed by atoms with E-state index in [0.29, 0.717) is 24.5 Å². The highest BCUT2D eigenvalue weighted by Crippen LogP contribution is 2.39. The van der Waals surface area contributed by atoms with E-state index in [9.17, 15) is 5.11 Å². The fourth-order valence-electron chi connectivity index (χ4n) is 5.05. The van der Waals surface area contributed by atoms with Crippen LogP contribution in [0.2, 0.25) is 0 Å². The van der Waals surface area contributed by atoms with Gasteiger partial charge in [-0.15, -0.1) is 0 Å². The lowest BCUT2D eigenvalue weighted by molar-refractivity contribution is -0.0615. The average molecular weight is 391 g/mol. The highest BCUT2D eigenvalue weighted by atomic mass is 16.5. The summed E-state index contributed by atoms with van der Waals surface area (Å²) < 4.78 is 11.6. The van der Waals surface area contributed by atoms with Crippen molar-refractivity contribution in [2.45, 2.75) is 52.2 Å². The fraction of sp³-hybridized carbons (Fsp3) is 0.739. The molecule has 0 spiro atoms. The first-order valence-corrected chi connectivity index (χ1v) is 10.8. The molecule has 158 valence electrons. The van der Waals surface area contributed by atoms with Gasteiger partial charge in [-0.3, -0.25) is 4.90 Å². The van der Waals surface area contributed by atoms with E-state index in [1.165, 1.54) is 6.42 Å². The van der Waals surface area contributed by atoms with E-state index >= 15 is 0 Å². The molecule has 1 aromatic carbocycles. The molecule has 0 unspecified atom stereocenters. The van der Waals surface area contributed by atoms with E-state index in [2.05, 4.69) is 42.7 Å². The number of nitrogens with zero attached hydrogens (tertiary/aromatic N) is 2. The second-order valence-corrected chi connectivity index (χ2v) is 9.48. The molecule has 1 aliphatic heterocycles. The molecule has 1 aliphatic carbocycles. The van der Waals surface area contributed by atoms with Crippen molar-refractivity contribution < 1.29 is 14.6 Å². The van der Waals surface area contributed by atoms with Crippen LogP contribution in [0.25, 0.3) is 0 Å². The summed E-state index contributed by atoms with van der Waals surface area (Å²) >= 11 is 0. The molecule has 1 heterocycles. The minimum atomic E-state index is -0.418. The molecule has 0 amide bonds. The zero-order chi connectivity index (χ0) is 20.1. The number of rotatable bonds is 7. The van der Waals surface area contributed by atoms with Crippen LogP contribution >= 0.6 is 0 Å². The topological polar surface area (TPSA) is 45.2 Å². The lowest BCUT2D eigenvalue weighted by Crippen LogP contribution is -2.49. The Morgan fingerprint density at radius 2 is 1.86 bits per heavy atom. The molecule has 5 nitrogen and oxygen atoms in total. The zero-order valence-corrected chi connectivity index (χ0v) is 18.1. The summed E-state index contributed by atoms with van der Waals surface area (Å²) in [7, 11) is 1.72. The van der Waals surface area contributed by atoms with Gasteiger partial charge in [0.05, 0.1) is 31.6 Å². The van der Waals surface area contributed by atoms with Crippen LogP contribution in [0.3, 0.4) is 0 Å². The third kappa shape index (κ3) is 5.85. The number of methoxy groups -OCH3 is 1. The molecule has 2 fully saturated rings. The molecule has 0 aromatic heterocycles. The molecule has 3 rings (SSSR count). The standard InChI is InChI=1S/C23H38N2O3/c1-18-13-20(15-23(2,3)14-18)28-17-19(26)16-24-9-11-25(12-10-24)21-7-5-6-8-22(21)27-4/h5-8,18-20,26H,9-17H2,1-4H3/t18-,19-,20+/m0/s1. The van der Waals surface area contributed by atoms with Crippen LogP contribution in [0.4, 0.5) is 5.69 Å². The predicted octanol–water partition coefficient (Wildman–Crippen LogP) is 3.41. The van der Waals surface area contributed by atoms with E-state index < -0.39 is 6.10 Å². The number of para-hydroxylation sites is 2. The van der Waals surface area contributed by atoms with Crippen LogP contribution in [-0.4, -0.2) is 68.7 Å². The molecule has 1 aromatic rings. The van der Waals surface area contributed by atoms with Crippen LogP contribution < -0.4 is 9.64 Å². The first kappa shape index (κ1) is 21.4. The first-order chi connectivity index (χ1) is 13.4. The number of aliphatic hydroxyl groups is 1.